The predicted molar refractivity (Wildman–Crippen MR) is 287 cm³/mol. The lowest BCUT2D eigenvalue weighted by Gasteiger charge is -2.35. The molecular formula is C68H47N. The molecule has 69 heavy (non-hydrogen) atoms. The Labute approximate surface area is 404 Å². The standard InChI is InChI=1S/C68H47N/c1-6-23-48(24-7-1)49-25-22-26-50(45-49)57-35-18-21-40-66(57)69(55-42-44-64-61(46-55)59-37-17-20-39-63(59)67(64,51-27-8-2-9-28-51)52-29-10-3-11-30-52)56-41-43-60-58-36-16-19-38-62(58)68(65(60)47-56,53-31-12-4-13-32-53)54-33-14-5-15-34-54/h1-47H. The highest BCUT2D eigenvalue weighted by molar-refractivity contribution is 5.95. The summed E-state index contributed by atoms with van der Waals surface area (Å²) in [5.41, 5.74) is 22.1. The highest BCUT2D eigenvalue weighted by Crippen LogP contribution is 2.60. The van der Waals surface area contributed by atoms with Crippen LogP contribution < -0.4 is 4.90 Å². The minimum Gasteiger partial charge on any atom is -0.310 e. The fourth-order valence-corrected chi connectivity index (χ4v) is 12.0. The average molecular weight is 878 g/mol. The van der Waals surface area contributed by atoms with Crippen LogP contribution in [-0.2, 0) is 10.8 Å². The van der Waals surface area contributed by atoms with Crippen LogP contribution in [0.15, 0.2) is 285 Å². The average Bonchev–Trinajstić information content (AvgIpc) is 3.90. The maximum Gasteiger partial charge on any atom is 0.0714 e. The van der Waals surface area contributed by atoms with Crippen molar-refractivity contribution in [1.29, 1.82) is 0 Å². The molecule has 1 heteroatoms. The molecule has 1 nitrogen and oxygen atoms in total. The zero-order valence-electron chi connectivity index (χ0n) is 38.1. The molecule has 324 valence electrons. The lowest BCUT2D eigenvalue weighted by Crippen LogP contribution is -2.29. The second-order valence-corrected chi connectivity index (χ2v) is 18.3. The molecule has 2 aliphatic rings. The number of hydrogen-bond acceptors (Lipinski definition) is 1. The first-order chi connectivity index (χ1) is 34.2. The number of rotatable bonds is 9. The van der Waals surface area contributed by atoms with Gasteiger partial charge in [0.1, 0.15) is 0 Å². The van der Waals surface area contributed by atoms with Gasteiger partial charge < -0.3 is 4.90 Å². The molecule has 2 aliphatic carbocycles. The van der Waals surface area contributed by atoms with Crippen LogP contribution in [0.3, 0.4) is 0 Å². The molecule has 0 unspecified atom stereocenters. The van der Waals surface area contributed by atoms with E-state index in [1.165, 1.54) is 77.9 Å². The van der Waals surface area contributed by atoms with E-state index in [-0.39, 0.29) is 0 Å². The molecule has 0 fully saturated rings. The van der Waals surface area contributed by atoms with Crippen molar-refractivity contribution in [2.24, 2.45) is 0 Å². The molecule has 0 heterocycles. The number of fused-ring (bicyclic) bond motifs is 6. The van der Waals surface area contributed by atoms with Crippen LogP contribution in [-0.4, -0.2) is 0 Å². The van der Waals surface area contributed by atoms with Gasteiger partial charge in [0.25, 0.3) is 0 Å². The summed E-state index contributed by atoms with van der Waals surface area (Å²) in [5, 5.41) is 0. The van der Waals surface area contributed by atoms with Crippen LogP contribution in [0.5, 0.6) is 0 Å². The van der Waals surface area contributed by atoms with Crippen molar-refractivity contribution in [3.05, 3.63) is 330 Å². The summed E-state index contributed by atoms with van der Waals surface area (Å²) in [7, 11) is 0. The van der Waals surface area contributed by atoms with Crippen molar-refractivity contribution >= 4 is 17.1 Å². The Kier molecular flexibility index (Phi) is 9.70. The summed E-state index contributed by atoms with van der Waals surface area (Å²) in [6.45, 7) is 0. The minimum atomic E-state index is -0.554. The smallest absolute Gasteiger partial charge is 0.0714 e. The van der Waals surface area contributed by atoms with Gasteiger partial charge in [0.05, 0.1) is 16.5 Å². The van der Waals surface area contributed by atoms with Crippen LogP contribution >= 0.6 is 0 Å². The summed E-state index contributed by atoms with van der Waals surface area (Å²) in [6, 6.07) is 106. The first-order valence-electron chi connectivity index (χ1n) is 24.0. The molecule has 11 aromatic rings. The fourth-order valence-electron chi connectivity index (χ4n) is 12.0. The van der Waals surface area contributed by atoms with E-state index in [1.807, 2.05) is 0 Å². The molecule has 13 rings (SSSR count). The van der Waals surface area contributed by atoms with Gasteiger partial charge in [-0.25, -0.2) is 0 Å². The Morgan fingerprint density at radius 3 is 1.19 bits per heavy atom. The highest BCUT2D eigenvalue weighted by atomic mass is 15.1. The Bertz CT molecular complexity index is 3570. The number of para-hydroxylation sites is 1. The van der Waals surface area contributed by atoms with Gasteiger partial charge in [-0.1, -0.05) is 249 Å². The molecule has 0 radical (unpaired) electrons. The minimum absolute atomic E-state index is 0.502. The van der Waals surface area contributed by atoms with Gasteiger partial charge in [-0.05, 0) is 120 Å². The molecule has 0 saturated carbocycles. The van der Waals surface area contributed by atoms with E-state index >= 15 is 0 Å². The number of nitrogens with zero attached hydrogens (tertiary/aromatic N) is 1. The van der Waals surface area contributed by atoms with Crippen molar-refractivity contribution in [3.63, 3.8) is 0 Å². The van der Waals surface area contributed by atoms with E-state index < -0.39 is 10.8 Å². The Balaban J connectivity index is 1.09. The molecule has 0 atom stereocenters. The molecular weight excluding hydrogens is 831 g/mol. The fraction of sp³-hybridized carbons (Fsp3) is 0.0294. The molecule has 0 N–H and O–H groups in total. The van der Waals surface area contributed by atoms with Gasteiger partial charge >= 0.3 is 0 Å². The second kappa shape index (κ2) is 16.5. The van der Waals surface area contributed by atoms with Crippen LogP contribution in [0.1, 0.15) is 44.5 Å². The van der Waals surface area contributed by atoms with Crippen molar-refractivity contribution in [2.45, 2.75) is 10.8 Å². The van der Waals surface area contributed by atoms with E-state index in [0.717, 1.165) is 28.2 Å². The van der Waals surface area contributed by atoms with E-state index in [0.29, 0.717) is 0 Å². The largest absolute Gasteiger partial charge is 0.310 e. The summed E-state index contributed by atoms with van der Waals surface area (Å²) in [5.74, 6) is 0. The zero-order valence-corrected chi connectivity index (χ0v) is 38.1. The predicted octanol–water partition coefficient (Wildman–Crippen LogP) is 17.2. The maximum atomic E-state index is 2.52. The van der Waals surface area contributed by atoms with Crippen molar-refractivity contribution < 1.29 is 0 Å². The van der Waals surface area contributed by atoms with Crippen molar-refractivity contribution in [3.8, 4) is 44.5 Å². The van der Waals surface area contributed by atoms with Crippen LogP contribution in [0.4, 0.5) is 17.1 Å². The van der Waals surface area contributed by atoms with Gasteiger partial charge in [-0.3, -0.25) is 0 Å². The van der Waals surface area contributed by atoms with Crippen LogP contribution in [0, 0.1) is 0 Å². The quantitative estimate of drug-likeness (QED) is 0.140. The highest BCUT2D eigenvalue weighted by Gasteiger charge is 2.48. The van der Waals surface area contributed by atoms with Crippen LogP contribution in [0.25, 0.3) is 44.5 Å². The first kappa shape index (κ1) is 40.5. The zero-order chi connectivity index (χ0) is 45.8. The second-order valence-electron chi connectivity index (χ2n) is 18.3. The molecule has 0 amide bonds. The van der Waals surface area contributed by atoms with Crippen molar-refractivity contribution in [2.75, 3.05) is 4.90 Å². The summed E-state index contributed by atoms with van der Waals surface area (Å²) >= 11 is 0. The summed E-state index contributed by atoms with van der Waals surface area (Å²) in [4.78, 5) is 2.52. The number of hydrogen-bond donors (Lipinski definition) is 0. The maximum absolute atomic E-state index is 2.52. The van der Waals surface area contributed by atoms with E-state index in [4.69, 9.17) is 0 Å². The monoisotopic (exact) mass is 877 g/mol. The van der Waals surface area contributed by atoms with Gasteiger partial charge in [0.15, 0.2) is 0 Å². The normalized spacial score (nSPS) is 13.4. The van der Waals surface area contributed by atoms with E-state index in [9.17, 15) is 0 Å². The van der Waals surface area contributed by atoms with Crippen LogP contribution in [0.2, 0.25) is 0 Å². The van der Waals surface area contributed by atoms with Gasteiger partial charge in [0.2, 0.25) is 0 Å². The number of anilines is 3. The van der Waals surface area contributed by atoms with Gasteiger partial charge in [-0.15, -0.1) is 0 Å². The third-order valence-electron chi connectivity index (χ3n) is 14.8. The van der Waals surface area contributed by atoms with Gasteiger partial charge in [0, 0.05) is 16.9 Å². The lowest BCUT2D eigenvalue weighted by atomic mass is 9.67. The Morgan fingerprint density at radius 1 is 0.217 bits per heavy atom. The first-order valence-corrected chi connectivity index (χ1v) is 24.0. The summed E-state index contributed by atoms with van der Waals surface area (Å²) < 4.78 is 0. The molecule has 0 aromatic heterocycles. The SMILES string of the molecule is c1ccc(-c2cccc(-c3ccccc3N(c3ccc4c(c3)-c3ccccc3C4(c3ccccc3)c3ccccc3)c3ccc4c(c3)C(c3ccccc3)(c3ccccc3)c3ccccc3-4)c2)cc1. The Hall–Kier alpha value is -8.78. The molecule has 0 bridgehead atoms. The molecule has 0 aliphatic heterocycles. The third-order valence-corrected chi connectivity index (χ3v) is 14.8. The molecule has 11 aromatic carbocycles. The molecule has 0 saturated heterocycles. The summed E-state index contributed by atoms with van der Waals surface area (Å²) in [6.07, 6.45) is 0. The lowest BCUT2D eigenvalue weighted by molar-refractivity contribution is 0.768. The molecule has 0 spiro atoms. The topological polar surface area (TPSA) is 3.24 Å². The van der Waals surface area contributed by atoms with Gasteiger partial charge in [-0.2, -0.15) is 0 Å². The van der Waals surface area contributed by atoms with Crippen molar-refractivity contribution in [1.82, 2.24) is 0 Å². The Morgan fingerprint density at radius 2 is 0.609 bits per heavy atom. The third kappa shape index (κ3) is 6.24. The number of benzene rings is 11. The van der Waals surface area contributed by atoms with E-state index in [1.54, 1.807) is 0 Å². The van der Waals surface area contributed by atoms with E-state index in [2.05, 4.69) is 290 Å².